The zero-order chi connectivity index (χ0) is 11.9. The van der Waals surface area contributed by atoms with Crippen molar-refractivity contribution in [3.05, 3.63) is 0 Å². The summed E-state index contributed by atoms with van der Waals surface area (Å²) in [6, 6.07) is 0.576. The summed E-state index contributed by atoms with van der Waals surface area (Å²) in [6.07, 6.45) is 4.16. The monoisotopic (exact) mass is 245 g/mol. The highest BCUT2D eigenvalue weighted by Crippen LogP contribution is 2.48. The molecule has 0 unspecified atom stereocenters. The molecule has 0 aromatic carbocycles. The van der Waals surface area contributed by atoms with Gasteiger partial charge in [-0.1, -0.05) is 0 Å². The van der Waals surface area contributed by atoms with E-state index in [0.29, 0.717) is 43.6 Å². The molecule has 17 heavy (non-hydrogen) atoms. The zero-order valence-corrected chi connectivity index (χ0v) is 10.2. The lowest BCUT2D eigenvalue weighted by Crippen LogP contribution is -2.64. The minimum absolute atomic E-state index is 0.300. The molecule has 1 N–H and O–H groups in total. The normalized spacial score (nSPS) is 31.4. The maximum absolute atomic E-state index is 12.8. The molecule has 1 saturated carbocycles. The Kier molecular flexibility index (Phi) is 3.09. The van der Waals surface area contributed by atoms with Crippen LogP contribution in [0.25, 0.3) is 0 Å². The summed E-state index contributed by atoms with van der Waals surface area (Å²) in [5.41, 5.74) is 0.300. The molecular formula is C12H21F2N3. The van der Waals surface area contributed by atoms with E-state index in [1.54, 1.807) is 0 Å². The smallest absolute Gasteiger partial charge is 0.0361 e. The fourth-order valence-corrected chi connectivity index (χ4v) is 3.51. The van der Waals surface area contributed by atoms with E-state index in [1.165, 1.54) is 0 Å². The molecule has 2 aliphatic heterocycles. The fraction of sp³-hybridized carbons (Fsp3) is 1.00. The van der Waals surface area contributed by atoms with Crippen molar-refractivity contribution in [2.45, 2.75) is 31.7 Å². The van der Waals surface area contributed by atoms with Gasteiger partial charge in [-0.2, -0.15) is 0 Å². The van der Waals surface area contributed by atoms with E-state index in [2.05, 4.69) is 5.32 Å². The Bertz CT molecular complexity index is 265. The number of rotatable bonds is 3. The third-order valence-electron chi connectivity index (χ3n) is 4.63. The molecule has 3 aliphatic rings. The Morgan fingerprint density at radius 3 is 2.29 bits per heavy atom. The molecule has 2 heterocycles. The molecule has 3 fully saturated rings. The first-order valence-corrected chi connectivity index (χ1v) is 6.70. The van der Waals surface area contributed by atoms with Crippen LogP contribution in [0.3, 0.4) is 0 Å². The van der Waals surface area contributed by atoms with Crippen LogP contribution in [-0.2, 0) is 0 Å². The topological polar surface area (TPSA) is 18.5 Å². The van der Waals surface area contributed by atoms with Crippen molar-refractivity contribution in [1.82, 2.24) is 15.6 Å². The Balaban J connectivity index is 1.31. The average Bonchev–Trinajstić information content (AvgIpc) is 2.22. The Morgan fingerprint density at radius 2 is 1.71 bits per heavy atom. The predicted octanol–water partition coefficient (Wildman–Crippen LogP) is 1.52. The fourth-order valence-electron chi connectivity index (χ4n) is 3.51. The maximum atomic E-state index is 12.8. The largest absolute Gasteiger partial charge is 0.314 e. The van der Waals surface area contributed by atoms with Gasteiger partial charge in [-0.3, -0.25) is 0 Å². The quantitative estimate of drug-likeness (QED) is 0.761. The summed E-state index contributed by atoms with van der Waals surface area (Å²) in [4.78, 5) is 0. The van der Waals surface area contributed by atoms with Crippen LogP contribution in [0, 0.1) is 11.3 Å². The Hall–Kier alpha value is -0.260. The number of nitrogens with zero attached hydrogens (tertiary/aromatic N) is 2. The summed E-state index contributed by atoms with van der Waals surface area (Å²) >= 11 is 0. The molecule has 0 amide bonds. The highest BCUT2D eigenvalue weighted by molar-refractivity contribution is 5.05. The number of nitrogens with one attached hydrogen (secondary N) is 1. The van der Waals surface area contributed by atoms with Crippen molar-refractivity contribution in [1.29, 1.82) is 0 Å². The first kappa shape index (κ1) is 11.8. The van der Waals surface area contributed by atoms with Gasteiger partial charge in [0.25, 0.3) is 0 Å². The van der Waals surface area contributed by atoms with Gasteiger partial charge in [-0.25, -0.2) is 0 Å². The standard InChI is InChI=1S/C12H21F2N3/c13-16-3-1-10(2-4-16)7-15-11-5-12(6-11)8-17(14)9-12/h10-11,15H,1-9H2. The second-order valence-electron chi connectivity index (χ2n) is 6.15. The Morgan fingerprint density at radius 1 is 1.06 bits per heavy atom. The van der Waals surface area contributed by atoms with Gasteiger partial charge < -0.3 is 5.32 Å². The summed E-state index contributed by atoms with van der Waals surface area (Å²) < 4.78 is 25.4. The SMILES string of the molecule is FN1CCC(CNC2CC3(C2)CN(F)C3)CC1. The van der Waals surface area contributed by atoms with E-state index < -0.39 is 0 Å². The predicted molar refractivity (Wildman–Crippen MR) is 61.5 cm³/mol. The molecule has 2 saturated heterocycles. The molecule has 0 bridgehead atoms. The number of hydrogen-bond donors (Lipinski definition) is 1. The van der Waals surface area contributed by atoms with Gasteiger partial charge in [-0.15, -0.1) is 19.2 Å². The molecular weight excluding hydrogens is 224 g/mol. The number of halogens is 2. The summed E-state index contributed by atoms with van der Waals surface area (Å²) in [5, 5.41) is 5.39. The van der Waals surface area contributed by atoms with Crippen LogP contribution in [0.1, 0.15) is 25.7 Å². The van der Waals surface area contributed by atoms with Crippen LogP contribution in [0.15, 0.2) is 0 Å². The van der Waals surface area contributed by atoms with Gasteiger partial charge in [0.05, 0.1) is 0 Å². The van der Waals surface area contributed by atoms with Crippen molar-refractivity contribution in [2.75, 3.05) is 32.7 Å². The molecule has 0 aromatic rings. The molecule has 1 aliphatic carbocycles. The van der Waals surface area contributed by atoms with Crippen molar-refractivity contribution < 1.29 is 8.96 Å². The third kappa shape index (κ3) is 2.46. The van der Waals surface area contributed by atoms with E-state index in [9.17, 15) is 8.96 Å². The van der Waals surface area contributed by atoms with Crippen molar-refractivity contribution in [3.63, 3.8) is 0 Å². The van der Waals surface area contributed by atoms with Crippen LogP contribution in [0.2, 0.25) is 0 Å². The Labute approximate surface area is 101 Å². The summed E-state index contributed by atoms with van der Waals surface area (Å²) in [5.74, 6) is 0.623. The second kappa shape index (κ2) is 4.44. The van der Waals surface area contributed by atoms with E-state index in [1.807, 2.05) is 0 Å². The van der Waals surface area contributed by atoms with Crippen LogP contribution in [-0.4, -0.2) is 49.0 Å². The van der Waals surface area contributed by atoms with Gasteiger partial charge in [0.1, 0.15) is 0 Å². The number of hydrogen-bond acceptors (Lipinski definition) is 3. The lowest BCUT2D eigenvalue weighted by atomic mass is 9.61. The molecule has 0 atom stereocenters. The van der Waals surface area contributed by atoms with Gasteiger partial charge >= 0.3 is 0 Å². The molecule has 3 nitrogen and oxygen atoms in total. The van der Waals surface area contributed by atoms with Crippen molar-refractivity contribution in [2.24, 2.45) is 11.3 Å². The van der Waals surface area contributed by atoms with Gasteiger partial charge in [-0.05, 0) is 38.1 Å². The van der Waals surface area contributed by atoms with Crippen LogP contribution in [0.4, 0.5) is 8.96 Å². The minimum atomic E-state index is 0.300. The first-order chi connectivity index (χ1) is 8.15. The van der Waals surface area contributed by atoms with E-state index in [4.69, 9.17) is 0 Å². The van der Waals surface area contributed by atoms with Gasteiger partial charge in [0.2, 0.25) is 0 Å². The average molecular weight is 245 g/mol. The second-order valence-corrected chi connectivity index (χ2v) is 6.15. The number of piperidine rings is 1. The molecule has 5 heteroatoms. The highest BCUT2D eigenvalue weighted by atomic mass is 19.2. The minimum Gasteiger partial charge on any atom is -0.314 e. The first-order valence-electron chi connectivity index (χ1n) is 6.70. The summed E-state index contributed by atoms with van der Waals surface area (Å²) in [6.45, 7) is 3.43. The summed E-state index contributed by atoms with van der Waals surface area (Å²) in [7, 11) is 0. The van der Waals surface area contributed by atoms with Crippen molar-refractivity contribution in [3.8, 4) is 0 Å². The lowest BCUT2D eigenvalue weighted by Gasteiger charge is -2.56. The lowest BCUT2D eigenvalue weighted by molar-refractivity contribution is -0.175. The van der Waals surface area contributed by atoms with E-state index in [0.717, 1.165) is 42.5 Å². The highest BCUT2D eigenvalue weighted by Gasteiger charge is 2.52. The zero-order valence-electron chi connectivity index (χ0n) is 10.2. The van der Waals surface area contributed by atoms with Crippen LogP contribution in [0.5, 0.6) is 0 Å². The van der Waals surface area contributed by atoms with Gasteiger partial charge in [0, 0.05) is 37.6 Å². The molecule has 1 spiro atoms. The van der Waals surface area contributed by atoms with Crippen molar-refractivity contribution >= 4 is 0 Å². The third-order valence-corrected chi connectivity index (χ3v) is 4.63. The molecule has 0 aromatic heterocycles. The van der Waals surface area contributed by atoms with Crippen LogP contribution >= 0.6 is 0 Å². The molecule has 0 radical (unpaired) electrons. The maximum Gasteiger partial charge on any atom is 0.0361 e. The van der Waals surface area contributed by atoms with E-state index in [-0.39, 0.29) is 0 Å². The molecule has 98 valence electrons. The van der Waals surface area contributed by atoms with Crippen LogP contribution < -0.4 is 5.32 Å². The van der Waals surface area contributed by atoms with E-state index >= 15 is 0 Å². The molecule has 3 rings (SSSR count). The van der Waals surface area contributed by atoms with Gasteiger partial charge in [0.15, 0.2) is 0 Å².